The van der Waals surface area contributed by atoms with Gasteiger partial charge in [-0.05, 0) is 50.2 Å². The van der Waals surface area contributed by atoms with Crippen LogP contribution < -0.4 is 4.72 Å². The molecular weight excluding hydrogens is 336 g/mol. The fraction of sp³-hybridized carbons (Fsp3) is 0.111. The fourth-order valence-corrected chi connectivity index (χ4v) is 3.67. The lowest BCUT2D eigenvalue weighted by molar-refractivity contribution is 0.601. The molecule has 0 radical (unpaired) electrons. The first-order chi connectivity index (χ1) is 11.9. The minimum atomic E-state index is -3.82. The molecule has 0 aliphatic carbocycles. The quantitative estimate of drug-likeness (QED) is 0.781. The summed E-state index contributed by atoms with van der Waals surface area (Å²) in [4.78, 5) is 0.0368. The van der Waals surface area contributed by atoms with Gasteiger partial charge in [0.15, 0.2) is 0 Å². The number of aryl methyl sites for hydroxylation is 2. The number of nitrogens with zero attached hydrogens (tertiary/aromatic N) is 3. The summed E-state index contributed by atoms with van der Waals surface area (Å²) in [5, 5.41) is 13.4. The van der Waals surface area contributed by atoms with Crippen LogP contribution in [0.4, 0.5) is 5.69 Å². The van der Waals surface area contributed by atoms with Gasteiger partial charge >= 0.3 is 0 Å². The molecule has 0 unspecified atom stereocenters. The normalized spacial score (nSPS) is 11.1. The molecule has 126 valence electrons. The molecule has 0 aliphatic rings. The Morgan fingerprint density at radius 1 is 1.08 bits per heavy atom. The molecule has 7 heteroatoms. The number of sulfonamides is 1. The van der Waals surface area contributed by atoms with Gasteiger partial charge in [-0.1, -0.05) is 18.2 Å². The van der Waals surface area contributed by atoms with E-state index < -0.39 is 10.0 Å². The van der Waals surface area contributed by atoms with Crippen molar-refractivity contribution in [2.24, 2.45) is 0 Å². The van der Waals surface area contributed by atoms with Crippen molar-refractivity contribution in [1.29, 1.82) is 5.26 Å². The SMILES string of the molecule is Cc1cc(C)n(-c2ccccc2NS(=O)(=O)c2cccc(C#N)c2)n1. The molecule has 0 atom stereocenters. The Kier molecular flexibility index (Phi) is 4.30. The molecule has 1 N–H and O–H groups in total. The Morgan fingerprint density at radius 2 is 1.84 bits per heavy atom. The second-order valence-corrected chi connectivity index (χ2v) is 7.28. The first kappa shape index (κ1) is 16.7. The summed E-state index contributed by atoms with van der Waals surface area (Å²) in [6.07, 6.45) is 0. The van der Waals surface area contributed by atoms with E-state index in [-0.39, 0.29) is 10.5 Å². The Hall–Kier alpha value is -3.11. The van der Waals surface area contributed by atoms with Gasteiger partial charge in [-0.3, -0.25) is 4.72 Å². The van der Waals surface area contributed by atoms with E-state index in [1.807, 2.05) is 32.0 Å². The first-order valence-electron chi connectivity index (χ1n) is 7.56. The van der Waals surface area contributed by atoms with Crippen molar-refractivity contribution in [3.05, 3.63) is 71.5 Å². The second kappa shape index (κ2) is 6.42. The van der Waals surface area contributed by atoms with E-state index in [4.69, 9.17) is 5.26 Å². The maximum Gasteiger partial charge on any atom is 0.262 e. The van der Waals surface area contributed by atoms with Crippen molar-refractivity contribution in [2.45, 2.75) is 18.7 Å². The summed E-state index contributed by atoms with van der Waals surface area (Å²) >= 11 is 0. The van der Waals surface area contributed by atoms with Crippen LogP contribution in [0, 0.1) is 25.2 Å². The van der Waals surface area contributed by atoms with Crippen molar-refractivity contribution in [3.63, 3.8) is 0 Å². The third kappa shape index (κ3) is 3.39. The van der Waals surface area contributed by atoms with Gasteiger partial charge in [0.2, 0.25) is 0 Å². The highest BCUT2D eigenvalue weighted by molar-refractivity contribution is 7.92. The van der Waals surface area contributed by atoms with Crippen LogP contribution in [-0.2, 0) is 10.0 Å². The number of hydrogen-bond acceptors (Lipinski definition) is 4. The zero-order valence-corrected chi connectivity index (χ0v) is 14.6. The summed E-state index contributed by atoms with van der Waals surface area (Å²) in [6.45, 7) is 3.78. The molecule has 1 aromatic heterocycles. The predicted molar refractivity (Wildman–Crippen MR) is 95.0 cm³/mol. The number of para-hydroxylation sites is 2. The van der Waals surface area contributed by atoms with E-state index in [0.29, 0.717) is 11.4 Å². The average molecular weight is 352 g/mol. The van der Waals surface area contributed by atoms with Crippen molar-refractivity contribution < 1.29 is 8.42 Å². The third-order valence-corrected chi connectivity index (χ3v) is 5.02. The summed E-state index contributed by atoms with van der Waals surface area (Å²) in [5.74, 6) is 0. The number of rotatable bonds is 4. The minimum absolute atomic E-state index is 0.0368. The van der Waals surface area contributed by atoms with Crippen LogP contribution in [0.25, 0.3) is 5.69 Å². The Labute approximate surface area is 146 Å². The molecule has 3 rings (SSSR count). The Morgan fingerprint density at radius 3 is 2.52 bits per heavy atom. The number of aromatic nitrogens is 2. The standard InChI is InChI=1S/C18H16N4O2S/c1-13-10-14(2)22(20-13)18-9-4-3-8-17(18)21-25(23,24)16-7-5-6-15(11-16)12-19/h3-11,21H,1-2H3. The van der Waals surface area contributed by atoms with Gasteiger partial charge in [0.25, 0.3) is 10.0 Å². The summed E-state index contributed by atoms with van der Waals surface area (Å²) in [7, 11) is -3.82. The molecule has 3 aromatic rings. The molecule has 0 saturated heterocycles. The van der Waals surface area contributed by atoms with Gasteiger partial charge in [-0.15, -0.1) is 0 Å². The predicted octanol–water partition coefficient (Wildman–Crippen LogP) is 3.16. The average Bonchev–Trinajstić information content (AvgIpc) is 2.93. The fourth-order valence-electron chi connectivity index (χ4n) is 2.55. The maximum absolute atomic E-state index is 12.7. The van der Waals surface area contributed by atoms with Gasteiger partial charge in [0.1, 0.15) is 0 Å². The lowest BCUT2D eigenvalue weighted by Crippen LogP contribution is -2.15. The highest BCUT2D eigenvalue weighted by Crippen LogP contribution is 2.24. The van der Waals surface area contributed by atoms with Crippen LogP contribution in [0.1, 0.15) is 17.0 Å². The van der Waals surface area contributed by atoms with Gasteiger partial charge in [0, 0.05) is 5.69 Å². The molecule has 0 aliphatic heterocycles. The summed E-state index contributed by atoms with van der Waals surface area (Å²) in [6, 6.07) is 16.8. The molecule has 2 aromatic carbocycles. The van der Waals surface area contributed by atoms with Crippen molar-refractivity contribution in [3.8, 4) is 11.8 Å². The van der Waals surface area contributed by atoms with Crippen LogP contribution in [0.15, 0.2) is 59.5 Å². The topological polar surface area (TPSA) is 87.8 Å². The third-order valence-electron chi connectivity index (χ3n) is 3.66. The van der Waals surface area contributed by atoms with Crippen LogP contribution in [-0.4, -0.2) is 18.2 Å². The Bertz CT molecular complexity index is 1080. The molecule has 25 heavy (non-hydrogen) atoms. The van der Waals surface area contributed by atoms with Crippen LogP contribution in [0.3, 0.4) is 0 Å². The highest BCUT2D eigenvalue weighted by Gasteiger charge is 2.18. The van der Waals surface area contributed by atoms with Gasteiger partial charge in [0.05, 0.1) is 33.6 Å². The minimum Gasteiger partial charge on any atom is -0.277 e. The van der Waals surface area contributed by atoms with Gasteiger partial charge < -0.3 is 0 Å². The molecule has 6 nitrogen and oxygen atoms in total. The van der Waals surface area contributed by atoms with E-state index in [2.05, 4.69) is 9.82 Å². The van der Waals surface area contributed by atoms with Gasteiger partial charge in [-0.25, -0.2) is 13.1 Å². The maximum atomic E-state index is 12.7. The number of hydrogen-bond donors (Lipinski definition) is 1. The van der Waals surface area contributed by atoms with E-state index in [1.54, 1.807) is 35.0 Å². The molecular formula is C18H16N4O2S. The zero-order chi connectivity index (χ0) is 18.0. The first-order valence-corrected chi connectivity index (χ1v) is 9.05. The van der Waals surface area contributed by atoms with Crippen LogP contribution in [0.5, 0.6) is 0 Å². The monoisotopic (exact) mass is 352 g/mol. The smallest absolute Gasteiger partial charge is 0.262 e. The van der Waals surface area contributed by atoms with E-state index >= 15 is 0 Å². The zero-order valence-electron chi connectivity index (χ0n) is 13.8. The largest absolute Gasteiger partial charge is 0.277 e. The van der Waals surface area contributed by atoms with Gasteiger partial charge in [-0.2, -0.15) is 10.4 Å². The van der Waals surface area contributed by atoms with Crippen molar-refractivity contribution >= 4 is 15.7 Å². The summed E-state index contributed by atoms with van der Waals surface area (Å²) in [5.41, 5.74) is 3.08. The van der Waals surface area contributed by atoms with E-state index in [9.17, 15) is 8.42 Å². The van der Waals surface area contributed by atoms with Crippen molar-refractivity contribution in [2.75, 3.05) is 4.72 Å². The lowest BCUT2D eigenvalue weighted by Gasteiger charge is -2.14. The number of anilines is 1. The summed E-state index contributed by atoms with van der Waals surface area (Å²) < 4.78 is 29.7. The highest BCUT2D eigenvalue weighted by atomic mass is 32.2. The van der Waals surface area contributed by atoms with E-state index in [1.165, 1.54) is 12.1 Å². The number of nitrogens with one attached hydrogen (secondary N) is 1. The number of nitriles is 1. The molecule has 0 fully saturated rings. The van der Waals surface area contributed by atoms with Crippen LogP contribution in [0.2, 0.25) is 0 Å². The molecule has 0 spiro atoms. The molecule has 1 heterocycles. The molecule has 0 saturated carbocycles. The lowest BCUT2D eigenvalue weighted by atomic mass is 10.2. The van der Waals surface area contributed by atoms with Crippen molar-refractivity contribution in [1.82, 2.24) is 9.78 Å². The van der Waals surface area contributed by atoms with E-state index in [0.717, 1.165) is 11.4 Å². The van der Waals surface area contributed by atoms with Crippen LogP contribution >= 0.6 is 0 Å². The second-order valence-electron chi connectivity index (χ2n) is 5.60. The Balaban J connectivity index is 2.04. The number of benzene rings is 2. The molecule has 0 bridgehead atoms. The molecule has 0 amide bonds.